The fraction of sp³-hybridized carbons (Fsp3) is 0.333. The first kappa shape index (κ1) is 15.2. The third kappa shape index (κ3) is 4.39. The van der Waals surface area contributed by atoms with Crippen LogP contribution in [0.3, 0.4) is 0 Å². The molecular formula is C15H17FN2O3. The number of nitrogens with zero attached hydrogens (tertiary/aromatic N) is 2. The van der Waals surface area contributed by atoms with Crippen molar-refractivity contribution in [3.05, 3.63) is 47.4 Å². The third-order valence-corrected chi connectivity index (χ3v) is 2.90. The summed E-state index contributed by atoms with van der Waals surface area (Å²) in [5.41, 5.74) is 1.78. The van der Waals surface area contributed by atoms with Gasteiger partial charge in [0.25, 0.3) is 0 Å². The van der Waals surface area contributed by atoms with E-state index in [9.17, 15) is 9.50 Å². The lowest BCUT2D eigenvalue weighted by Gasteiger charge is -2.13. The highest BCUT2D eigenvalue weighted by Gasteiger charge is 2.10. The molecule has 0 saturated carbocycles. The molecule has 0 bridgehead atoms. The van der Waals surface area contributed by atoms with Crippen LogP contribution in [0.2, 0.25) is 0 Å². The summed E-state index contributed by atoms with van der Waals surface area (Å²) in [4.78, 5) is 0. The monoisotopic (exact) mass is 292 g/mol. The first-order valence-electron chi connectivity index (χ1n) is 6.55. The van der Waals surface area contributed by atoms with Crippen molar-refractivity contribution in [3.63, 3.8) is 0 Å². The molecule has 0 aliphatic carbocycles. The minimum absolute atomic E-state index is 0.00830. The smallest absolute Gasteiger partial charge is 0.233 e. The maximum Gasteiger partial charge on any atom is 0.233 e. The van der Waals surface area contributed by atoms with E-state index in [1.807, 2.05) is 13.8 Å². The van der Waals surface area contributed by atoms with Gasteiger partial charge < -0.3 is 14.6 Å². The van der Waals surface area contributed by atoms with Crippen molar-refractivity contribution in [1.29, 1.82) is 0 Å². The van der Waals surface area contributed by atoms with Gasteiger partial charge >= 0.3 is 0 Å². The fourth-order valence-corrected chi connectivity index (χ4v) is 1.57. The van der Waals surface area contributed by atoms with Gasteiger partial charge in [0, 0.05) is 6.07 Å². The number of aliphatic hydroxyl groups is 1. The standard InChI is InChI=1S/C15H17FN2O3/c1-10-7-15(18-17-11(10)2)21-9-12(19)8-20-14-6-4-3-5-13(14)16/h3-7,12,19H,8-9H2,1-2H3/t12-/m1/s1. The molecule has 1 aromatic heterocycles. The van der Waals surface area contributed by atoms with Gasteiger partial charge in [-0.1, -0.05) is 12.1 Å². The average molecular weight is 292 g/mol. The Hall–Kier alpha value is -2.21. The quantitative estimate of drug-likeness (QED) is 0.882. The van der Waals surface area contributed by atoms with Crippen molar-refractivity contribution in [2.75, 3.05) is 13.2 Å². The second kappa shape index (κ2) is 6.99. The Bertz CT molecular complexity index is 607. The minimum Gasteiger partial charge on any atom is -0.488 e. The van der Waals surface area contributed by atoms with Gasteiger partial charge in [0.15, 0.2) is 11.6 Å². The fourth-order valence-electron chi connectivity index (χ4n) is 1.57. The van der Waals surface area contributed by atoms with Gasteiger partial charge in [-0.3, -0.25) is 0 Å². The maximum atomic E-state index is 13.3. The molecule has 112 valence electrons. The molecule has 2 aromatic rings. The van der Waals surface area contributed by atoms with Gasteiger partial charge in [0.1, 0.15) is 19.3 Å². The van der Waals surface area contributed by atoms with Crippen LogP contribution in [-0.4, -0.2) is 34.6 Å². The van der Waals surface area contributed by atoms with Crippen LogP contribution in [0.5, 0.6) is 11.6 Å². The van der Waals surface area contributed by atoms with Crippen LogP contribution >= 0.6 is 0 Å². The summed E-state index contributed by atoms with van der Waals surface area (Å²) >= 11 is 0. The molecule has 0 aliphatic rings. The van der Waals surface area contributed by atoms with Crippen LogP contribution in [0.4, 0.5) is 4.39 Å². The summed E-state index contributed by atoms with van der Waals surface area (Å²) in [6.45, 7) is 3.67. The molecule has 2 rings (SSSR count). The van der Waals surface area contributed by atoms with Crippen LogP contribution < -0.4 is 9.47 Å². The molecule has 1 atom stereocenters. The molecule has 0 aliphatic heterocycles. The lowest BCUT2D eigenvalue weighted by Crippen LogP contribution is -2.25. The van der Waals surface area contributed by atoms with E-state index in [-0.39, 0.29) is 19.0 Å². The molecule has 0 spiro atoms. The molecular weight excluding hydrogens is 275 g/mol. The van der Waals surface area contributed by atoms with Crippen molar-refractivity contribution >= 4 is 0 Å². The molecule has 0 unspecified atom stereocenters. The Balaban J connectivity index is 1.81. The van der Waals surface area contributed by atoms with E-state index in [1.54, 1.807) is 18.2 Å². The summed E-state index contributed by atoms with van der Waals surface area (Å²) in [7, 11) is 0. The number of aliphatic hydroxyl groups excluding tert-OH is 1. The number of rotatable bonds is 6. The minimum atomic E-state index is -0.895. The number of benzene rings is 1. The highest BCUT2D eigenvalue weighted by Crippen LogP contribution is 2.15. The number of hydrogen-bond acceptors (Lipinski definition) is 5. The van der Waals surface area contributed by atoms with Crippen molar-refractivity contribution < 1.29 is 19.0 Å². The number of halogens is 1. The Morgan fingerprint density at radius 2 is 1.86 bits per heavy atom. The van der Waals surface area contributed by atoms with Gasteiger partial charge in [-0.2, -0.15) is 5.10 Å². The molecule has 5 nitrogen and oxygen atoms in total. The van der Waals surface area contributed by atoms with Crippen LogP contribution in [0.25, 0.3) is 0 Å². The van der Waals surface area contributed by atoms with Crippen LogP contribution in [-0.2, 0) is 0 Å². The molecule has 0 radical (unpaired) electrons. The summed E-state index contributed by atoms with van der Waals surface area (Å²) < 4.78 is 23.8. The highest BCUT2D eigenvalue weighted by atomic mass is 19.1. The topological polar surface area (TPSA) is 64.5 Å². The van der Waals surface area contributed by atoms with Gasteiger partial charge in [0.05, 0.1) is 5.69 Å². The van der Waals surface area contributed by atoms with E-state index in [4.69, 9.17) is 9.47 Å². The van der Waals surface area contributed by atoms with E-state index >= 15 is 0 Å². The van der Waals surface area contributed by atoms with E-state index in [1.165, 1.54) is 12.1 Å². The molecule has 0 amide bonds. The Morgan fingerprint density at radius 1 is 1.14 bits per heavy atom. The largest absolute Gasteiger partial charge is 0.488 e. The van der Waals surface area contributed by atoms with Crippen LogP contribution in [0.1, 0.15) is 11.3 Å². The van der Waals surface area contributed by atoms with Gasteiger partial charge in [-0.15, -0.1) is 5.10 Å². The number of para-hydroxylation sites is 1. The number of aromatic nitrogens is 2. The number of aryl methyl sites for hydroxylation is 2. The average Bonchev–Trinajstić information content (AvgIpc) is 2.47. The van der Waals surface area contributed by atoms with Gasteiger partial charge in [0.2, 0.25) is 5.88 Å². The summed E-state index contributed by atoms with van der Waals surface area (Å²) in [5.74, 6) is -0.0313. The predicted molar refractivity (Wildman–Crippen MR) is 74.9 cm³/mol. The molecule has 0 saturated heterocycles. The third-order valence-electron chi connectivity index (χ3n) is 2.90. The van der Waals surface area contributed by atoms with Crippen LogP contribution in [0, 0.1) is 19.7 Å². The van der Waals surface area contributed by atoms with Crippen molar-refractivity contribution in [3.8, 4) is 11.6 Å². The van der Waals surface area contributed by atoms with Crippen molar-refractivity contribution in [2.45, 2.75) is 20.0 Å². The number of hydrogen-bond donors (Lipinski definition) is 1. The first-order valence-corrected chi connectivity index (χ1v) is 6.55. The molecule has 0 fully saturated rings. The highest BCUT2D eigenvalue weighted by molar-refractivity contribution is 5.23. The molecule has 1 heterocycles. The second-order valence-electron chi connectivity index (χ2n) is 4.66. The summed E-state index contributed by atoms with van der Waals surface area (Å²) in [6.07, 6.45) is -0.895. The Labute approximate surface area is 122 Å². The van der Waals surface area contributed by atoms with E-state index < -0.39 is 11.9 Å². The van der Waals surface area contributed by atoms with Crippen LogP contribution in [0.15, 0.2) is 30.3 Å². The maximum absolute atomic E-state index is 13.3. The van der Waals surface area contributed by atoms with E-state index in [0.29, 0.717) is 5.88 Å². The van der Waals surface area contributed by atoms with Crippen molar-refractivity contribution in [2.24, 2.45) is 0 Å². The Kier molecular flexibility index (Phi) is 5.05. The first-order chi connectivity index (χ1) is 10.1. The normalized spacial score (nSPS) is 12.0. The molecule has 6 heteroatoms. The van der Waals surface area contributed by atoms with E-state index in [0.717, 1.165) is 11.3 Å². The molecule has 1 N–H and O–H groups in total. The molecule has 21 heavy (non-hydrogen) atoms. The number of ether oxygens (including phenoxy) is 2. The van der Waals surface area contributed by atoms with Gasteiger partial charge in [-0.05, 0) is 31.5 Å². The Morgan fingerprint density at radius 3 is 2.57 bits per heavy atom. The second-order valence-corrected chi connectivity index (χ2v) is 4.66. The summed E-state index contributed by atoms with van der Waals surface area (Å²) in [6, 6.07) is 7.76. The lowest BCUT2D eigenvalue weighted by atomic mass is 10.2. The SMILES string of the molecule is Cc1cc(OC[C@H](O)COc2ccccc2F)nnc1C. The zero-order valence-corrected chi connectivity index (χ0v) is 11.9. The molecule has 1 aromatic carbocycles. The van der Waals surface area contributed by atoms with E-state index in [2.05, 4.69) is 10.2 Å². The lowest BCUT2D eigenvalue weighted by molar-refractivity contribution is 0.0592. The van der Waals surface area contributed by atoms with Gasteiger partial charge in [-0.25, -0.2) is 4.39 Å². The summed E-state index contributed by atoms with van der Waals surface area (Å²) in [5, 5.41) is 17.5. The van der Waals surface area contributed by atoms with Crippen molar-refractivity contribution in [1.82, 2.24) is 10.2 Å². The zero-order valence-electron chi connectivity index (χ0n) is 11.9. The predicted octanol–water partition coefficient (Wildman–Crippen LogP) is 2.05. The zero-order chi connectivity index (χ0) is 15.2.